The number of amides is 1. The minimum atomic E-state index is -0.239. The van der Waals surface area contributed by atoms with E-state index in [1.54, 1.807) is 24.7 Å². The number of imidazole rings is 1. The summed E-state index contributed by atoms with van der Waals surface area (Å²) in [6.07, 6.45) is 6.30. The zero-order valence-electron chi connectivity index (χ0n) is 9.08. The monoisotopic (exact) mass is 232 g/mol. The first-order valence-corrected chi connectivity index (χ1v) is 5.38. The maximum atomic E-state index is 11.8. The Morgan fingerprint density at radius 1 is 1.47 bits per heavy atom. The summed E-state index contributed by atoms with van der Waals surface area (Å²) in [5.41, 5.74) is 0. The summed E-state index contributed by atoms with van der Waals surface area (Å²) in [6.45, 7) is 1.77. The van der Waals surface area contributed by atoms with Crippen LogP contribution in [0.15, 0.2) is 31.0 Å². The van der Waals surface area contributed by atoms with E-state index in [1.807, 2.05) is 4.68 Å². The van der Waals surface area contributed by atoms with Crippen LogP contribution in [0.1, 0.15) is 6.04 Å². The summed E-state index contributed by atoms with van der Waals surface area (Å²) in [5.74, 6) is 0.704. The molecule has 1 aliphatic heterocycles. The van der Waals surface area contributed by atoms with Crippen LogP contribution in [0.5, 0.6) is 0 Å². The number of hydrogen-bond donors (Lipinski definition) is 2. The van der Waals surface area contributed by atoms with Gasteiger partial charge in [-0.2, -0.15) is 5.10 Å². The number of hydrogen-bond acceptors (Lipinski definition) is 4. The van der Waals surface area contributed by atoms with Crippen molar-refractivity contribution in [3.05, 3.63) is 31.0 Å². The van der Waals surface area contributed by atoms with Gasteiger partial charge in [0.2, 0.25) is 0 Å². The Labute approximate surface area is 97.4 Å². The van der Waals surface area contributed by atoms with Gasteiger partial charge in [0.05, 0.1) is 12.2 Å². The molecule has 1 amide bonds. The van der Waals surface area contributed by atoms with Crippen molar-refractivity contribution in [1.82, 2.24) is 24.6 Å². The number of carbonyl (C=O) groups is 1. The Morgan fingerprint density at radius 2 is 2.35 bits per heavy atom. The molecule has 2 aromatic heterocycles. The summed E-state index contributed by atoms with van der Waals surface area (Å²) >= 11 is 0. The van der Waals surface area contributed by atoms with Crippen LogP contribution in [0.4, 0.5) is 10.6 Å². The van der Waals surface area contributed by atoms with Crippen molar-refractivity contribution in [3.63, 3.8) is 0 Å². The molecule has 0 aliphatic carbocycles. The van der Waals surface area contributed by atoms with Crippen molar-refractivity contribution in [2.75, 3.05) is 18.4 Å². The molecule has 0 unspecified atom stereocenters. The average Bonchev–Trinajstić information content (AvgIpc) is 2.86. The van der Waals surface area contributed by atoms with Crippen molar-refractivity contribution < 1.29 is 4.79 Å². The summed E-state index contributed by atoms with van der Waals surface area (Å²) in [6, 6.07) is 1.87. The van der Waals surface area contributed by atoms with Gasteiger partial charge in [0.1, 0.15) is 12.1 Å². The molecule has 0 spiro atoms. The highest BCUT2D eigenvalue weighted by atomic mass is 16.2. The summed E-state index contributed by atoms with van der Waals surface area (Å²) in [4.78, 5) is 15.6. The normalized spacial score (nSPS) is 15.5. The Bertz CT molecular complexity index is 513. The molecule has 0 bridgehead atoms. The molecular weight excluding hydrogens is 220 g/mol. The topological polar surface area (TPSA) is 76.8 Å². The molecule has 7 nitrogen and oxygen atoms in total. The number of aromatic nitrogens is 4. The van der Waals surface area contributed by atoms with Crippen LogP contribution in [0, 0.1) is 0 Å². The van der Waals surface area contributed by atoms with Crippen molar-refractivity contribution in [2.24, 2.45) is 0 Å². The fourth-order valence-electron chi connectivity index (χ4n) is 1.70. The van der Waals surface area contributed by atoms with Gasteiger partial charge in [-0.05, 0) is 0 Å². The van der Waals surface area contributed by atoms with E-state index < -0.39 is 0 Å². The summed E-state index contributed by atoms with van der Waals surface area (Å²) < 4.78 is 3.21. The zero-order chi connectivity index (χ0) is 11.7. The maximum Gasteiger partial charge on any atom is 0.332 e. The number of carbonyl (C=O) groups excluding carboxylic acids is 1. The van der Waals surface area contributed by atoms with E-state index in [-0.39, 0.29) is 6.03 Å². The number of nitrogens with one attached hydrogen (secondary N) is 2. The lowest BCUT2D eigenvalue weighted by atomic mass is 10.2. The van der Waals surface area contributed by atoms with E-state index in [1.165, 1.54) is 10.9 Å². The van der Waals surface area contributed by atoms with Crippen LogP contribution in [0.2, 0.25) is 0 Å². The van der Waals surface area contributed by atoms with Gasteiger partial charge in [-0.15, -0.1) is 0 Å². The van der Waals surface area contributed by atoms with E-state index in [9.17, 15) is 4.79 Å². The molecule has 88 valence electrons. The second-order valence-electron chi connectivity index (χ2n) is 3.87. The van der Waals surface area contributed by atoms with Crippen LogP contribution in [-0.2, 0) is 0 Å². The van der Waals surface area contributed by atoms with Crippen LogP contribution in [0.3, 0.4) is 0 Å². The quantitative estimate of drug-likeness (QED) is 0.781. The van der Waals surface area contributed by atoms with Gasteiger partial charge < -0.3 is 5.32 Å². The van der Waals surface area contributed by atoms with Crippen LogP contribution in [0.25, 0.3) is 0 Å². The number of rotatable bonds is 2. The lowest BCUT2D eigenvalue weighted by Crippen LogP contribution is -2.44. The van der Waals surface area contributed by atoms with Crippen LogP contribution >= 0.6 is 0 Å². The minimum absolute atomic E-state index is 0.239. The Hall–Kier alpha value is -2.15. The van der Waals surface area contributed by atoms with E-state index in [4.69, 9.17) is 0 Å². The van der Waals surface area contributed by atoms with E-state index >= 15 is 0 Å². The van der Waals surface area contributed by atoms with Crippen LogP contribution < -0.4 is 10.6 Å². The minimum Gasteiger partial charge on any atom is -0.312 e. The van der Waals surface area contributed by atoms with Crippen molar-refractivity contribution in [1.29, 1.82) is 0 Å². The first-order chi connectivity index (χ1) is 8.34. The fraction of sp³-hybridized carbons (Fsp3) is 0.300. The summed E-state index contributed by atoms with van der Waals surface area (Å²) in [7, 11) is 0. The van der Waals surface area contributed by atoms with Gasteiger partial charge >= 0.3 is 6.03 Å². The Morgan fingerprint density at radius 3 is 3.00 bits per heavy atom. The highest BCUT2D eigenvalue weighted by molar-refractivity contribution is 5.90. The molecule has 1 aliphatic rings. The SMILES string of the molecule is O=C(Nc1ccnn1C1CNC1)n1ccnc1. The highest BCUT2D eigenvalue weighted by Crippen LogP contribution is 2.17. The molecular formula is C10H12N6O. The fourth-order valence-corrected chi connectivity index (χ4v) is 1.70. The molecule has 0 saturated carbocycles. The third-order valence-corrected chi connectivity index (χ3v) is 2.75. The largest absolute Gasteiger partial charge is 0.332 e. The van der Waals surface area contributed by atoms with Crippen molar-refractivity contribution in [2.45, 2.75) is 6.04 Å². The molecule has 0 aromatic carbocycles. The number of anilines is 1. The number of nitrogens with zero attached hydrogens (tertiary/aromatic N) is 4. The van der Waals surface area contributed by atoms with Gasteiger partial charge in [-0.3, -0.25) is 9.88 Å². The molecule has 2 N–H and O–H groups in total. The molecule has 3 heterocycles. The van der Waals surface area contributed by atoms with Gasteiger partial charge in [0, 0.05) is 31.5 Å². The van der Waals surface area contributed by atoms with Gasteiger partial charge in [-0.25, -0.2) is 14.5 Å². The Balaban J connectivity index is 1.76. The predicted octanol–water partition coefficient (Wildman–Crippen LogP) is 0.304. The summed E-state index contributed by atoms with van der Waals surface area (Å²) in [5, 5.41) is 10.2. The molecule has 2 aromatic rings. The maximum absolute atomic E-state index is 11.8. The highest BCUT2D eigenvalue weighted by Gasteiger charge is 2.22. The van der Waals surface area contributed by atoms with E-state index in [2.05, 4.69) is 20.7 Å². The molecule has 1 fully saturated rings. The van der Waals surface area contributed by atoms with Crippen molar-refractivity contribution >= 4 is 11.8 Å². The second kappa shape index (κ2) is 4.02. The second-order valence-corrected chi connectivity index (χ2v) is 3.87. The van der Waals surface area contributed by atoms with Gasteiger partial charge in [-0.1, -0.05) is 0 Å². The van der Waals surface area contributed by atoms with E-state index in [0.29, 0.717) is 11.9 Å². The van der Waals surface area contributed by atoms with Crippen LogP contribution in [-0.4, -0.2) is 38.5 Å². The molecule has 7 heteroatoms. The first kappa shape index (κ1) is 10.0. The molecule has 17 heavy (non-hydrogen) atoms. The Kier molecular flexibility index (Phi) is 2.37. The van der Waals surface area contributed by atoms with Gasteiger partial charge in [0.15, 0.2) is 0 Å². The lowest BCUT2D eigenvalue weighted by molar-refractivity contribution is 0.252. The predicted molar refractivity (Wildman–Crippen MR) is 60.8 cm³/mol. The molecule has 0 radical (unpaired) electrons. The molecule has 1 saturated heterocycles. The third kappa shape index (κ3) is 1.80. The third-order valence-electron chi connectivity index (χ3n) is 2.75. The zero-order valence-corrected chi connectivity index (χ0v) is 9.08. The molecule has 3 rings (SSSR count). The van der Waals surface area contributed by atoms with Crippen molar-refractivity contribution in [3.8, 4) is 0 Å². The standard InChI is InChI=1S/C10H12N6O/c17-10(15-4-3-11-7-15)14-9-1-2-13-16(9)8-5-12-6-8/h1-4,7-8,12H,5-6H2,(H,14,17). The first-order valence-electron chi connectivity index (χ1n) is 5.38. The lowest BCUT2D eigenvalue weighted by Gasteiger charge is -2.28. The average molecular weight is 232 g/mol. The van der Waals surface area contributed by atoms with Gasteiger partial charge in [0.25, 0.3) is 0 Å². The van der Waals surface area contributed by atoms with E-state index in [0.717, 1.165) is 13.1 Å². The molecule has 0 atom stereocenters. The smallest absolute Gasteiger partial charge is 0.312 e.